The topological polar surface area (TPSA) is 20.2 Å². The molecule has 0 radical (unpaired) electrons. The lowest BCUT2D eigenvalue weighted by atomic mass is 10.1. The molecule has 0 amide bonds. The lowest BCUT2D eigenvalue weighted by molar-refractivity contribution is 0.171. The van der Waals surface area contributed by atoms with Crippen molar-refractivity contribution in [2.45, 2.75) is 35.0 Å². The van der Waals surface area contributed by atoms with E-state index in [4.69, 9.17) is 0 Å². The molecule has 0 heterocycles. The largest absolute Gasteiger partial charge is 0.387 e. The molecule has 0 aliphatic carbocycles. The van der Waals surface area contributed by atoms with E-state index in [1.54, 1.807) is 11.8 Å². The summed E-state index contributed by atoms with van der Waals surface area (Å²) in [6.07, 6.45) is 1.40. The summed E-state index contributed by atoms with van der Waals surface area (Å²) >= 11 is 1.74. The Balaban J connectivity index is 2.48. The molecule has 0 fully saturated rings. The van der Waals surface area contributed by atoms with Gasteiger partial charge in [-0.3, -0.25) is 0 Å². The maximum absolute atomic E-state index is 11.2. The normalized spacial score (nSPS) is 15.8. The van der Waals surface area contributed by atoms with Gasteiger partial charge in [-0.1, -0.05) is 74.2 Å². The number of hydrogen-bond donors (Lipinski definition) is 1. The zero-order chi connectivity index (χ0) is 16.2. The highest BCUT2D eigenvalue weighted by atomic mass is 32.2. The molecular formula is C19H24OSSi. The van der Waals surface area contributed by atoms with Gasteiger partial charge < -0.3 is 5.11 Å². The van der Waals surface area contributed by atoms with Crippen LogP contribution in [0.25, 0.3) is 0 Å². The minimum absolute atomic E-state index is 0.379. The first-order valence-corrected chi connectivity index (χ1v) is 11.8. The second-order valence-electron chi connectivity index (χ2n) is 6.48. The molecule has 2 aromatic rings. The van der Waals surface area contributed by atoms with Gasteiger partial charge >= 0.3 is 0 Å². The van der Waals surface area contributed by atoms with Gasteiger partial charge in [0.2, 0.25) is 0 Å². The van der Waals surface area contributed by atoms with E-state index in [9.17, 15) is 5.11 Å². The summed E-state index contributed by atoms with van der Waals surface area (Å²) in [4.78, 5) is 1.17. The number of thioether (sulfide) groups is 1. The Bertz CT molecular complexity index is 606. The van der Waals surface area contributed by atoms with Gasteiger partial charge in [0.1, 0.15) is 0 Å². The van der Waals surface area contributed by atoms with Gasteiger partial charge in [0.05, 0.1) is 18.5 Å². The maximum Gasteiger partial charge on any atom is 0.0948 e. The first kappa shape index (κ1) is 17.1. The quantitative estimate of drug-likeness (QED) is 0.440. The van der Waals surface area contributed by atoms with E-state index in [2.05, 4.69) is 38.4 Å². The fourth-order valence-corrected chi connectivity index (χ4v) is 6.84. The molecule has 1 N–H and O–H groups in total. The van der Waals surface area contributed by atoms with Crippen molar-refractivity contribution in [3.63, 3.8) is 0 Å². The van der Waals surface area contributed by atoms with E-state index in [0.29, 0.717) is 0 Å². The number of aliphatic hydroxyl groups is 1. The second-order valence-corrected chi connectivity index (χ2v) is 13.5. The predicted molar refractivity (Wildman–Crippen MR) is 100.0 cm³/mol. The third-order valence-corrected chi connectivity index (χ3v) is 10.2. The van der Waals surface area contributed by atoms with Crippen LogP contribution in [-0.2, 0) is 0 Å². The molecule has 0 bridgehead atoms. The fourth-order valence-electron chi connectivity index (χ4n) is 2.65. The number of benzene rings is 2. The zero-order valence-corrected chi connectivity index (χ0v) is 15.3. The summed E-state index contributed by atoms with van der Waals surface area (Å²) < 4.78 is -0.379. The molecule has 0 aliphatic heterocycles. The Labute approximate surface area is 139 Å². The van der Waals surface area contributed by atoms with Crippen molar-refractivity contribution in [3.05, 3.63) is 78.9 Å². The Morgan fingerprint density at radius 1 is 1.00 bits per heavy atom. The SMILES string of the molecule is C=CC(Sc1ccccc1)(C(O)c1ccccc1)[Si](C)(C)C. The van der Waals surface area contributed by atoms with Crippen LogP contribution in [-0.4, -0.2) is 17.6 Å². The highest BCUT2D eigenvalue weighted by molar-refractivity contribution is 8.02. The average Bonchev–Trinajstić information content (AvgIpc) is 2.52. The maximum atomic E-state index is 11.2. The van der Waals surface area contributed by atoms with Crippen LogP contribution in [0.3, 0.4) is 0 Å². The Morgan fingerprint density at radius 2 is 1.50 bits per heavy atom. The van der Waals surface area contributed by atoms with Crippen LogP contribution < -0.4 is 0 Å². The first-order chi connectivity index (χ1) is 10.4. The summed E-state index contributed by atoms with van der Waals surface area (Å²) in [5.74, 6) is 0. The van der Waals surface area contributed by atoms with E-state index < -0.39 is 14.2 Å². The molecule has 2 unspecified atom stereocenters. The Morgan fingerprint density at radius 3 is 1.95 bits per heavy atom. The summed E-state index contributed by atoms with van der Waals surface area (Å²) in [6.45, 7) is 11.0. The summed E-state index contributed by atoms with van der Waals surface area (Å²) in [7, 11) is -1.77. The Hall–Kier alpha value is -1.29. The molecule has 2 aromatic carbocycles. The summed E-state index contributed by atoms with van der Waals surface area (Å²) in [5.41, 5.74) is 0.952. The first-order valence-electron chi connectivity index (χ1n) is 7.51. The molecule has 22 heavy (non-hydrogen) atoms. The highest BCUT2D eigenvalue weighted by Gasteiger charge is 2.48. The highest BCUT2D eigenvalue weighted by Crippen LogP contribution is 2.49. The molecule has 0 spiro atoms. The van der Waals surface area contributed by atoms with Crippen molar-refractivity contribution >= 4 is 19.8 Å². The van der Waals surface area contributed by atoms with Crippen molar-refractivity contribution in [1.82, 2.24) is 0 Å². The van der Waals surface area contributed by atoms with Crippen LogP contribution in [0.4, 0.5) is 0 Å². The molecule has 0 aliphatic rings. The molecule has 3 heteroatoms. The van der Waals surface area contributed by atoms with Crippen molar-refractivity contribution in [1.29, 1.82) is 0 Å². The van der Waals surface area contributed by atoms with Crippen LogP contribution in [0.1, 0.15) is 11.7 Å². The van der Waals surface area contributed by atoms with Crippen LogP contribution >= 0.6 is 11.8 Å². The summed E-state index contributed by atoms with van der Waals surface area (Å²) in [6, 6.07) is 20.2. The fraction of sp³-hybridized carbons (Fsp3) is 0.263. The van der Waals surface area contributed by atoms with Gasteiger partial charge in [-0.15, -0.1) is 18.3 Å². The molecular weight excluding hydrogens is 304 g/mol. The lowest BCUT2D eigenvalue weighted by Gasteiger charge is -2.44. The molecule has 0 saturated heterocycles. The van der Waals surface area contributed by atoms with Crippen LogP contribution in [0.2, 0.25) is 19.6 Å². The average molecular weight is 329 g/mol. The second kappa shape index (κ2) is 6.86. The summed E-state index contributed by atoms with van der Waals surface area (Å²) in [5, 5.41) is 11.2. The van der Waals surface area contributed by atoms with Gasteiger partial charge in [-0.25, -0.2) is 0 Å². The standard InChI is InChI=1S/C19H24OSSi/c1-5-19(22(2,3)4,21-17-14-10-7-11-15-17)18(20)16-12-8-6-9-13-16/h5-15,18,20H,1H2,2-4H3. The molecule has 2 atom stereocenters. The Kier molecular flexibility index (Phi) is 5.32. The van der Waals surface area contributed by atoms with Gasteiger partial charge in [-0.2, -0.15) is 0 Å². The predicted octanol–water partition coefficient (Wildman–Crippen LogP) is 5.31. The zero-order valence-electron chi connectivity index (χ0n) is 13.5. The van der Waals surface area contributed by atoms with E-state index in [1.165, 1.54) is 4.90 Å². The van der Waals surface area contributed by atoms with Crippen LogP contribution in [0, 0.1) is 0 Å². The van der Waals surface area contributed by atoms with Crippen LogP contribution in [0.15, 0.2) is 78.2 Å². The lowest BCUT2D eigenvalue weighted by Crippen LogP contribution is -2.52. The van der Waals surface area contributed by atoms with Gasteiger partial charge in [-0.05, 0) is 17.7 Å². The van der Waals surface area contributed by atoms with Gasteiger partial charge in [0.25, 0.3) is 0 Å². The number of hydrogen-bond acceptors (Lipinski definition) is 2. The molecule has 1 nitrogen and oxygen atoms in total. The van der Waals surface area contributed by atoms with Crippen molar-refractivity contribution in [3.8, 4) is 0 Å². The molecule has 116 valence electrons. The van der Waals surface area contributed by atoms with Crippen molar-refractivity contribution < 1.29 is 5.11 Å². The van der Waals surface area contributed by atoms with E-state index in [1.807, 2.05) is 54.6 Å². The molecule has 0 aromatic heterocycles. The number of rotatable bonds is 6. The van der Waals surface area contributed by atoms with E-state index >= 15 is 0 Å². The monoisotopic (exact) mass is 328 g/mol. The van der Waals surface area contributed by atoms with Crippen molar-refractivity contribution in [2.24, 2.45) is 0 Å². The smallest absolute Gasteiger partial charge is 0.0948 e. The molecule has 2 rings (SSSR count). The molecule has 0 saturated carbocycles. The third-order valence-electron chi connectivity index (χ3n) is 4.03. The minimum atomic E-state index is -1.77. The van der Waals surface area contributed by atoms with Gasteiger partial charge in [0, 0.05) is 4.90 Å². The van der Waals surface area contributed by atoms with E-state index in [0.717, 1.165) is 5.56 Å². The minimum Gasteiger partial charge on any atom is -0.387 e. The van der Waals surface area contributed by atoms with Gasteiger partial charge in [0.15, 0.2) is 0 Å². The van der Waals surface area contributed by atoms with Crippen molar-refractivity contribution in [2.75, 3.05) is 0 Å². The van der Waals surface area contributed by atoms with Crippen LogP contribution in [0.5, 0.6) is 0 Å². The van der Waals surface area contributed by atoms with E-state index in [-0.39, 0.29) is 4.37 Å². The third kappa shape index (κ3) is 3.37. The number of aliphatic hydroxyl groups excluding tert-OH is 1.